The molecule has 0 atom stereocenters. The van der Waals surface area contributed by atoms with Crippen molar-refractivity contribution in [3.63, 3.8) is 0 Å². The predicted molar refractivity (Wildman–Crippen MR) is 62.0 cm³/mol. The third kappa shape index (κ3) is 3.64. The molecule has 1 aromatic carbocycles. The second kappa shape index (κ2) is 6.23. The van der Waals surface area contributed by atoms with E-state index in [9.17, 15) is 0 Å². The van der Waals surface area contributed by atoms with Crippen molar-refractivity contribution in [1.29, 1.82) is 0 Å². The lowest BCUT2D eigenvalue weighted by molar-refractivity contribution is 1.25. The van der Waals surface area contributed by atoms with E-state index in [1.165, 1.54) is 0 Å². The Morgan fingerprint density at radius 1 is 1.36 bits per heavy atom. The summed E-state index contributed by atoms with van der Waals surface area (Å²) in [6, 6.07) is 7.61. The summed E-state index contributed by atoms with van der Waals surface area (Å²) in [7, 11) is 0. The number of halogens is 1. The summed E-state index contributed by atoms with van der Waals surface area (Å²) in [6.07, 6.45) is 2.63. The maximum absolute atomic E-state index is 5.94. The van der Waals surface area contributed by atoms with Crippen LogP contribution in [-0.4, -0.2) is 12.8 Å². The number of benzene rings is 1. The van der Waals surface area contributed by atoms with Gasteiger partial charge in [0.25, 0.3) is 0 Å². The Labute approximate surface area is 89.8 Å². The molecule has 1 nitrogen and oxygen atoms in total. The largest absolute Gasteiger partial charge is 0.280 e. The highest BCUT2D eigenvalue weighted by molar-refractivity contribution is 6.33. The van der Waals surface area contributed by atoms with Crippen LogP contribution in [0.15, 0.2) is 29.3 Å². The van der Waals surface area contributed by atoms with Crippen LogP contribution in [0.25, 0.3) is 0 Å². The Balaban J connectivity index is 2.56. The molecule has 0 fully saturated rings. The van der Waals surface area contributed by atoms with Crippen molar-refractivity contribution in [3.8, 4) is 11.8 Å². The first-order valence-corrected chi connectivity index (χ1v) is 4.92. The highest BCUT2D eigenvalue weighted by atomic mass is 35.5. The first kappa shape index (κ1) is 10.8. The molecule has 0 amide bonds. The number of rotatable bonds is 2. The molecule has 0 spiro atoms. The fourth-order valence-corrected chi connectivity index (χ4v) is 1.13. The third-order valence-corrected chi connectivity index (χ3v) is 1.95. The van der Waals surface area contributed by atoms with E-state index in [0.29, 0.717) is 6.54 Å². The van der Waals surface area contributed by atoms with E-state index in [1.807, 2.05) is 31.2 Å². The minimum atomic E-state index is 0.541. The van der Waals surface area contributed by atoms with Gasteiger partial charge in [-0.05, 0) is 6.07 Å². The van der Waals surface area contributed by atoms with Crippen molar-refractivity contribution < 1.29 is 0 Å². The van der Waals surface area contributed by atoms with Gasteiger partial charge in [-0.2, -0.15) is 0 Å². The highest BCUT2D eigenvalue weighted by Crippen LogP contribution is 2.11. The van der Waals surface area contributed by atoms with Crippen LogP contribution < -0.4 is 0 Å². The third-order valence-electron chi connectivity index (χ3n) is 1.61. The molecule has 0 bridgehead atoms. The van der Waals surface area contributed by atoms with E-state index in [4.69, 9.17) is 11.6 Å². The van der Waals surface area contributed by atoms with Gasteiger partial charge in [-0.25, -0.2) is 0 Å². The molecule has 72 valence electrons. The predicted octanol–water partition coefficient (Wildman–Crippen LogP) is 3.17. The van der Waals surface area contributed by atoms with Crippen molar-refractivity contribution in [2.24, 2.45) is 4.99 Å². The van der Waals surface area contributed by atoms with Crippen molar-refractivity contribution in [3.05, 3.63) is 34.9 Å². The quantitative estimate of drug-likeness (QED) is 0.520. The second-order valence-electron chi connectivity index (χ2n) is 2.70. The molecule has 0 N–H and O–H groups in total. The Morgan fingerprint density at radius 2 is 2.14 bits per heavy atom. The minimum Gasteiger partial charge on any atom is -0.280 e. The van der Waals surface area contributed by atoms with Crippen molar-refractivity contribution in [1.82, 2.24) is 0 Å². The van der Waals surface area contributed by atoms with Gasteiger partial charge in [-0.15, -0.1) is 5.92 Å². The fraction of sp³-hybridized carbons (Fsp3) is 0.250. The molecule has 1 rings (SSSR count). The van der Waals surface area contributed by atoms with Gasteiger partial charge < -0.3 is 0 Å². The van der Waals surface area contributed by atoms with Gasteiger partial charge in [0, 0.05) is 23.2 Å². The Bertz CT molecular complexity index is 371. The topological polar surface area (TPSA) is 12.4 Å². The molecule has 0 radical (unpaired) electrons. The molecule has 0 heterocycles. The van der Waals surface area contributed by atoms with Gasteiger partial charge in [-0.1, -0.05) is 42.6 Å². The molecular weight excluding hydrogens is 194 g/mol. The Hall–Kier alpha value is -1.26. The van der Waals surface area contributed by atoms with E-state index >= 15 is 0 Å². The van der Waals surface area contributed by atoms with Crippen LogP contribution in [-0.2, 0) is 0 Å². The standard InChI is InChI=1S/C12H12ClN/c1-2-3-6-9-14-10-11-7-4-5-8-12(11)13/h4-5,7-8,10H,2,9H2,1H3/b14-10+. The molecule has 0 aliphatic rings. The summed E-state index contributed by atoms with van der Waals surface area (Å²) < 4.78 is 0. The van der Waals surface area contributed by atoms with Crippen LogP contribution in [0.5, 0.6) is 0 Å². The Kier molecular flexibility index (Phi) is 4.82. The van der Waals surface area contributed by atoms with E-state index in [2.05, 4.69) is 16.8 Å². The van der Waals surface area contributed by atoms with Crippen LogP contribution in [0.4, 0.5) is 0 Å². The van der Waals surface area contributed by atoms with Gasteiger partial charge in [0.05, 0.1) is 6.54 Å². The van der Waals surface area contributed by atoms with Crippen molar-refractivity contribution in [2.45, 2.75) is 13.3 Å². The average Bonchev–Trinajstić information content (AvgIpc) is 2.20. The molecule has 0 aromatic heterocycles. The molecular formula is C12H12ClN. The molecule has 14 heavy (non-hydrogen) atoms. The Morgan fingerprint density at radius 3 is 2.86 bits per heavy atom. The lowest BCUT2D eigenvalue weighted by atomic mass is 10.2. The van der Waals surface area contributed by atoms with Gasteiger partial charge in [0.15, 0.2) is 0 Å². The monoisotopic (exact) mass is 205 g/mol. The minimum absolute atomic E-state index is 0.541. The maximum Gasteiger partial charge on any atom is 0.0997 e. The first-order chi connectivity index (χ1) is 6.84. The zero-order chi connectivity index (χ0) is 10.2. The number of aliphatic imine (C=N–C) groups is 1. The molecule has 2 heteroatoms. The summed E-state index contributed by atoms with van der Waals surface area (Å²) in [5, 5.41) is 0.722. The zero-order valence-electron chi connectivity index (χ0n) is 8.13. The summed E-state index contributed by atoms with van der Waals surface area (Å²) >= 11 is 5.94. The van der Waals surface area contributed by atoms with Gasteiger partial charge in [-0.3, -0.25) is 4.99 Å². The summed E-state index contributed by atoms with van der Waals surface area (Å²) in [5.74, 6) is 5.89. The summed E-state index contributed by atoms with van der Waals surface area (Å²) in [5.41, 5.74) is 0.937. The van der Waals surface area contributed by atoms with Crippen molar-refractivity contribution >= 4 is 17.8 Å². The zero-order valence-corrected chi connectivity index (χ0v) is 8.88. The van der Waals surface area contributed by atoms with Gasteiger partial charge in [0.1, 0.15) is 0 Å². The van der Waals surface area contributed by atoms with Crippen LogP contribution in [0.1, 0.15) is 18.9 Å². The van der Waals surface area contributed by atoms with Crippen molar-refractivity contribution in [2.75, 3.05) is 6.54 Å². The smallest absolute Gasteiger partial charge is 0.0997 e. The number of hydrogen-bond acceptors (Lipinski definition) is 1. The number of nitrogens with zero attached hydrogens (tertiary/aromatic N) is 1. The molecule has 0 aliphatic carbocycles. The molecule has 0 saturated heterocycles. The lowest BCUT2D eigenvalue weighted by Gasteiger charge is -1.94. The molecule has 0 aliphatic heterocycles. The first-order valence-electron chi connectivity index (χ1n) is 4.54. The van der Waals surface area contributed by atoms with Crippen LogP contribution >= 0.6 is 11.6 Å². The molecule has 0 unspecified atom stereocenters. The molecule has 0 saturated carbocycles. The normalized spacial score (nSPS) is 9.86. The summed E-state index contributed by atoms with van der Waals surface area (Å²) in [4.78, 5) is 4.16. The summed E-state index contributed by atoms with van der Waals surface area (Å²) in [6.45, 7) is 2.56. The highest BCUT2D eigenvalue weighted by Gasteiger charge is 1.92. The van der Waals surface area contributed by atoms with E-state index in [1.54, 1.807) is 6.21 Å². The van der Waals surface area contributed by atoms with E-state index < -0.39 is 0 Å². The average molecular weight is 206 g/mol. The van der Waals surface area contributed by atoms with E-state index in [-0.39, 0.29) is 0 Å². The lowest BCUT2D eigenvalue weighted by Crippen LogP contribution is -1.83. The van der Waals surface area contributed by atoms with E-state index in [0.717, 1.165) is 17.0 Å². The van der Waals surface area contributed by atoms with Crippen LogP contribution in [0.2, 0.25) is 5.02 Å². The van der Waals surface area contributed by atoms with Gasteiger partial charge in [0.2, 0.25) is 0 Å². The van der Waals surface area contributed by atoms with Crippen LogP contribution in [0, 0.1) is 11.8 Å². The van der Waals surface area contributed by atoms with Crippen LogP contribution in [0.3, 0.4) is 0 Å². The van der Waals surface area contributed by atoms with Gasteiger partial charge >= 0.3 is 0 Å². The second-order valence-corrected chi connectivity index (χ2v) is 3.11. The SMILES string of the molecule is CCC#CC/N=C/c1ccccc1Cl. The fourth-order valence-electron chi connectivity index (χ4n) is 0.950. The molecule has 1 aromatic rings. The number of hydrogen-bond donors (Lipinski definition) is 0. The maximum atomic E-state index is 5.94.